The third kappa shape index (κ3) is 4.20. The van der Waals surface area contributed by atoms with Crippen LogP contribution in [0.5, 0.6) is 0 Å². The first kappa shape index (κ1) is 20.0. The zero-order chi connectivity index (χ0) is 20.5. The van der Waals surface area contributed by atoms with Crippen LogP contribution in [0.25, 0.3) is 0 Å². The molecule has 2 aromatic rings. The van der Waals surface area contributed by atoms with Crippen molar-refractivity contribution in [1.82, 2.24) is 39.8 Å². The standard InChI is InChI=1S/C18H28N8O2/c1-13(2)15-10-14(20-26(15)18(3,4)5)17(28)24-8-6-23(7-9-24)16(27)11-25-12-19-21-22-25/h10,12-13H,6-9,11H2,1-5H3. The number of carbonyl (C=O) groups excluding carboxylic acids is 2. The second-order valence-electron chi connectivity index (χ2n) is 8.37. The van der Waals surface area contributed by atoms with Crippen molar-refractivity contribution in [3.63, 3.8) is 0 Å². The molecule has 0 unspecified atom stereocenters. The number of nitrogens with zero attached hydrogens (tertiary/aromatic N) is 8. The number of hydrogen-bond acceptors (Lipinski definition) is 6. The van der Waals surface area contributed by atoms with Crippen LogP contribution in [0.2, 0.25) is 0 Å². The molecule has 10 heteroatoms. The minimum absolute atomic E-state index is 0.0569. The third-order valence-corrected chi connectivity index (χ3v) is 4.79. The van der Waals surface area contributed by atoms with Crippen molar-refractivity contribution in [3.8, 4) is 0 Å². The average Bonchev–Trinajstić information content (AvgIpc) is 3.30. The number of hydrogen-bond donors (Lipinski definition) is 0. The second-order valence-corrected chi connectivity index (χ2v) is 8.37. The molecule has 1 aliphatic rings. The van der Waals surface area contributed by atoms with Crippen molar-refractivity contribution >= 4 is 11.8 Å². The largest absolute Gasteiger partial charge is 0.338 e. The van der Waals surface area contributed by atoms with Crippen LogP contribution >= 0.6 is 0 Å². The quantitative estimate of drug-likeness (QED) is 0.765. The molecule has 1 aliphatic heterocycles. The molecule has 1 saturated heterocycles. The number of rotatable bonds is 4. The first-order valence-corrected chi connectivity index (χ1v) is 9.55. The molecule has 2 amide bonds. The summed E-state index contributed by atoms with van der Waals surface area (Å²) in [5, 5.41) is 15.4. The molecule has 10 nitrogen and oxygen atoms in total. The average molecular weight is 388 g/mol. The van der Waals surface area contributed by atoms with Crippen molar-refractivity contribution in [2.24, 2.45) is 0 Å². The van der Waals surface area contributed by atoms with E-state index in [0.717, 1.165) is 5.69 Å². The lowest BCUT2D eigenvalue weighted by Gasteiger charge is -2.34. The van der Waals surface area contributed by atoms with Gasteiger partial charge >= 0.3 is 0 Å². The van der Waals surface area contributed by atoms with Gasteiger partial charge in [0.15, 0.2) is 5.69 Å². The summed E-state index contributed by atoms with van der Waals surface area (Å²) in [5.41, 5.74) is 1.32. The zero-order valence-corrected chi connectivity index (χ0v) is 17.2. The Morgan fingerprint density at radius 3 is 2.25 bits per heavy atom. The van der Waals surface area contributed by atoms with E-state index in [1.807, 2.05) is 10.7 Å². The number of carbonyl (C=O) groups is 2. The maximum Gasteiger partial charge on any atom is 0.274 e. The van der Waals surface area contributed by atoms with Crippen molar-refractivity contribution in [3.05, 3.63) is 23.8 Å². The number of aromatic nitrogens is 6. The minimum atomic E-state index is -0.195. The fraction of sp³-hybridized carbons (Fsp3) is 0.667. The summed E-state index contributed by atoms with van der Waals surface area (Å²) in [6.45, 7) is 12.5. The van der Waals surface area contributed by atoms with E-state index in [-0.39, 0.29) is 29.8 Å². The van der Waals surface area contributed by atoms with Crippen LogP contribution in [0.4, 0.5) is 0 Å². The van der Waals surface area contributed by atoms with Crippen molar-refractivity contribution in [1.29, 1.82) is 0 Å². The van der Waals surface area contributed by atoms with Crippen LogP contribution < -0.4 is 0 Å². The summed E-state index contributed by atoms with van der Waals surface area (Å²) in [6, 6.07) is 1.90. The third-order valence-electron chi connectivity index (χ3n) is 4.79. The molecule has 0 N–H and O–H groups in total. The summed E-state index contributed by atoms with van der Waals surface area (Å²) < 4.78 is 3.34. The van der Waals surface area contributed by atoms with Crippen molar-refractivity contribution in [2.45, 2.75) is 52.6 Å². The Morgan fingerprint density at radius 1 is 1.11 bits per heavy atom. The highest BCUT2D eigenvalue weighted by atomic mass is 16.2. The molecule has 1 fully saturated rings. The molecule has 0 radical (unpaired) electrons. The van der Waals surface area contributed by atoms with Crippen LogP contribution in [0, 0.1) is 0 Å². The number of piperazine rings is 1. The summed E-state index contributed by atoms with van der Waals surface area (Å²) in [6.07, 6.45) is 1.41. The first-order valence-electron chi connectivity index (χ1n) is 9.55. The highest BCUT2D eigenvalue weighted by Gasteiger charge is 2.29. The van der Waals surface area contributed by atoms with Crippen LogP contribution in [0.1, 0.15) is 56.7 Å². The van der Waals surface area contributed by atoms with Crippen LogP contribution in [0.15, 0.2) is 12.4 Å². The lowest BCUT2D eigenvalue weighted by Crippen LogP contribution is -2.51. The Kier molecular flexibility index (Phi) is 5.48. The van der Waals surface area contributed by atoms with Crippen LogP contribution in [-0.2, 0) is 16.9 Å². The Hall–Kier alpha value is -2.78. The molecule has 152 valence electrons. The maximum atomic E-state index is 13.0. The van der Waals surface area contributed by atoms with E-state index in [1.54, 1.807) is 9.80 Å². The molecular formula is C18H28N8O2. The molecule has 0 bridgehead atoms. The number of amides is 2. The SMILES string of the molecule is CC(C)c1cc(C(=O)N2CCN(C(=O)Cn3cnnn3)CC2)nn1C(C)(C)C. The summed E-state index contributed by atoms with van der Waals surface area (Å²) >= 11 is 0. The maximum absolute atomic E-state index is 13.0. The monoisotopic (exact) mass is 388 g/mol. The Balaban J connectivity index is 1.64. The topological polar surface area (TPSA) is 102 Å². The molecule has 28 heavy (non-hydrogen) atoms. The predicted molar refractivity (Wildman–Crippen MR) is 102 cm³/mol. The molecule has 3 rings (SSSR count). The van der Waals surface area contributed by atoms with Gasteiger partial charge in [-0.25, -0.2) is 4.68 Å². The van der Waals surface area contributed by atoms with Gasteiger partial charge in [-0.2, -0.15) is 5.10 Å². The zero-order valence-electron chi connectivity index (χ0n) is 17.2. The van der Waals surface area contributed by atoms with Gasteiger partial charge in [0.2, 0.25) is 5.91 Å². The summed E-state index contributed by atoms with van der Waals surface area (Å²) in [4.78, 5) is 28.8. The first-order chi connectivity index (χ1) is 13.2. The minimum Gasteiger partial charge on any atom is -0.338 e. The predicted octanol–water partition coefficient (Wildman–Crippen LogP) is 0.733. The highest BCUT2D eigenvalue weighted by molar-refractivity contribution is 5.92. The van der Waals surface area contributed by atoms with E-state index in [9.17, 15) is 9.59 Å². The van der Waals surface area contributed by atoms with Gasteiger partial charge in [-0.3, -0.25) is 14.3 Å². The van der Waals surface area contributed by atoms with Gasteiger partial charge in [0.25, 0.3) is 5.91 Å². The summed E-state index contributed by atoms with van der Waals surface area (Å²) in [5.74, 6) is 0.130. The Labute approximate surface area is 164 Å². The molecular weight excluding hydrogens is 360 g/mol. The summed E-state index contributed by atoms with van der Waals surface area (Å²) in [7, 11) is 0. The lowest BCUT2D eigenvalue weighted by molar-refractivity contribution is -0.133. The normalized spacial score (nSPS) is 15.4. The fourth-order valence-electron chi connectivity index (χ4n) is 3.26. The fourth-order valence-corrected chi connectivity index (χ4v) is 3.26. The molecule has 0 saturated carbocycles. The molecule has 0 aromatic carbocycles. The van der Waals surface area contributed by atoms with Gasteiger partial charge in [0.1, 0.15) is 12.9 Å². The highest BCUT2D eigenvalue weighted by Crippen LogP contribution is 2.24. The van der Waals surface area contributed by atoms with Gasteiger partial charge in [0, 0.05) is 31.9 Å². The van der Waals surface area contributed by atoms with E-state index in [4.69, 9.17) is 0 Å². The smallest absolute Gasteiger partial charge is 0.274 e. The van der Waals surface area contributed by atoms with E-state index < -0.39 is 0 Å². The van der Waals surface area contributed by atoms with Gasteiger partial charge < -0.3 is 9.80 Å². The van der Waals surface area contributed by atoms with E-state index in [2.05, 4.69) is 55.2 Å². The molecule has 0 aliphatic carbocycles. The van der Waals surface area contributed by atoms with E-state index >= 15 is 0 Å². The van der Waals surface area contributed by atoms with Gasteiger partial charge in [-0.1, -0.05) is 13.8 Å². The van der Waals surface area contributed by atoms with Gasteiger partial charge in [-0.05, 0) is 43.2 Å². The van der Waals surface area contributed by atoms with Crippen molar-refractivity contribution in [2.75, 3.05) is 26.2 Å². The number of tetrazole rings is 1. The van der Waals surface area contributed by atoms with E-state index in [0.29, 0.717) is 31.9 Å². The second kappa shape index (κ2) is 7.69. The van der Waals surface area contributed by atoms with Crippen LogP contribution in [-0.4, -0.2) is 77.8 Å². The van der Waals surface area contributed by atoms with Crippen LogP contribution in [0.3, 0.4) is 0 Å². The van der Waals surface area contributed by atoms with Gasteiger partial charge in [0.05, 0.1) is 5.54 Å². The van der Waals surface area contributed by atoms with E-state index in [1.165, 1.54) is 11.0 Å². The Morgan fingerprint density at radius 2 is 1.75 bits per heavy atom. The molecule has 2 aromatic heterocycles. The Bertz CT molecular complexity index is 826. The van der Waals surface area contributed by atoms with Crippen molar-refractivity contribution < 1.29 is 9.59 Å². The molecule has 3 heterocycles. The lowest BCUT2D eigenvalue weighted by atomic mass is 10.1. The molecule has 0 atom stereocenters. The molecule has 0 spiro atoms. The van der Waals surface area contributed by atoms with Gasteiger partial charge in [-0.15, -0.1) is 5.10 Å².